The number of guanidine groups is 1. The van der Waals surface area contributed by atoms with E-state index in [0.717, 1.165) is 50.3 Å². The lowest BCUT2D eigenvalue weighted by molar-refractivity contribution is 0.310. The molecule has 0 aromatic heterocycles. The highest BCUT2D eigenvalue weighted by molar-refractivity contribution is 5.77. The number of nitrogens with one attached hydrogen (secondary N) is 1. The van der Waals surface area contributed by atoms with Crippen LogP contribution in [-0.2, 0) is 6.42 Å². The lowest BCUT2D eigenvalue weighted by Crippen LogP contribution is -2.32. The third kappa shape index (κ3) is 6.70. The Morgan fingerprint density at radius 1 is 1.23 bits per heavy atom. The molecule has 5 nitrogen and oxygen atoms in total. The summed E-state index contributed by atoms with van der Waals surface area (Å²) < 4.78 is 10.9. The highest BCUT2D eigenvalue weighted by Crippen LogP contribution is 2.28. The number of benzene rings is 1. The molecule has 0 saturated carbocycles. The number of aryl methyl sites for hydroxylation is 1. The van der Waals surface area contributed by atoms with Crippen molar-refractivity contribution in [2.24, 2.45) is 10.7 Å². The second-order valence-corrected chi connectivity index (χ2v) is 5.07. The molecule has 0 saturated heterocycles. The SMILES string of the molecule is CCCCNC(N)=NCCCc1ccc(OC)c(OCC)c1. The normalized spacial score (nSPS) is 11.3. The van der Waals surface area contributed by atoms with Crippen molar-refractivity contribution in [2.75, 3.05) is 26.8 Å². The number of nitrogens with zero attached hydrogens (tertiary/aromatic N) is 1. The van der Waals surface area contributed by atoms with E-state index in [0.29, 0.717) is 12.6 Å². The molecule has 0 amide bonds. The summed E-state index contributed by atoms with van der Waals surface area (Å²) in [4.78, 5) is 4.33. The van der Waals surface area contributed by atoms with Gasteiger partial charge in [-0.25, -0.2) is 0 Å². The van der Waals surface area contributed by atoms with Crippen molar-refractivity contribution in [1.82, 2.24) is 5.32 Å². The van der Waals surface area contributed by atoms with Crippen LogP contribution in [0.2, 0.25) is 0 Å². The number of hydrogen-bond acceptors (Lipinski definition) is 3. The summed E-state index contributed by atoms with van der Waals surface area (Å²) in [5.74, 6) is 2.11. The fourth-order valence-corrected chi connectivity index (χ4v) is 2.08. The van der Waals surface area contributed by atoms with E-state index in [4.69, 9.17) is 15.2 Å². The predicted molar refractivity (Wildman–Crippen MR) is 91.9 cm³/mol. The minimum absolute atomic E-state index is 0.540. The summed E-state index contributed by atoms with van der Waals surface area (Å²) in [5, 5.41) is 3.11. The molecule has 1 rings (SSSR count). The van der Waals surface area contributed by atoms with Gasteiger partial charge in [0.25, 0.3) is 0 Å². The van der Waals surface area contributed by atoms with E-state index >= 15 is 0 Å². The minimum Gasteiger partial charge on any atom is -0.493 e. The molecular weight excluding hydrogens is 278 g/mol. The zero-order valence-electron chi connectivity index (χ0n) is 14.0. The Morgan fingerprint density at radius 3 is 2.73 bits per heavy atom. The smallest absolute Gasteiger partial charge is 0.188 e. The van der Waals surface area contributed by atoms with Gasteiger partial charge in [-0.1, -0.05) is 19.4 Å². The molecule has 0 heterocycles. The fourth-order valence-electron chi connectivity index (χ4n) is 2.08. The fraction of sp³-hybridized carbons (Fsp3) is 0.588. The largest absolute Gasteiger partial charge is 0.493 e. The van der Waals surface area contributed by atoms with Crippen molar-refractivity contribution in [1.29, 1.82) is 0 Å². The number of ether oxygens (including phenoxy) is 2. The molecule has 0 bridgehead atoms. The Bertz CT molecular complexity index is 461. The van der Waals surface area contributed by atoms with Gasteiger partial charge in [0.1, 0.15) is 0 Å². The number of rotatable bonds is 10. The second kappa shape index (κ2) is 10.8. The average Bonchev–Trinajstić information content (AvgIpc) is 2.52. The average molecular weight is 307 g/mol. The molecule has 1 aromatic carbocycles. The van der Waals surface area contributed by atoms with Gasteiger partial charge in [-0.05, 0) is 43.9 Å². The summed E-state index contributed by atoms with van der Waals surface area (Å²) in [5.41, 5.74) is 7.02. The molecule has 0 unspecified atom stereocenters. The maximum absolute atomic E-state index is 5.80. The van der Waals surface area contributed by atoms with Crippen molar-refractivity contribution >= 4 is 5.96 Å². The molecule has 5 heteroatoms. The molecule has 0 spiro atoms. The first-order valence-corrected chi connectivity index (χ1v) is 8.04. The van der Waals surface area contributed by atoms with E-state index in [2.05, 4.69) is 23.3 Å². The van der Waals surface area contributed by atoms with Gasteiger partial charge in [0.05, 0.1) is 13.7 Å². The topological polar surface area (TPSA) is 68.9 Å². The van der Waals surface area contributed by atoms with E-state index in [9.17, 15) is 0 Å². The molecule has 0 radical (unpaired) electrons. The second-order valence-electron chi connectivity index (χ2n) is 5.07. The first kappa shape index (κ1) is 18.1. The third-order valence-electron chi connectivity index (χ3n) is 3.27. The summed E-state index contributed by atoms with van der Waals surface area (Å²) in [6.07, 6.45) is 4.16. The molecule has 0 aliphatic carbocycles. The predicted octanol–water partition coefficient (Wildman–Crippen LogP) is 2.73. The monoisotopic (exact) mass is 307 g/mol. The first-order valence-electron chi connectivity index (χ1n) is 8.04. The van der Waals surface area contributed by atoms with Gasteiger partial charge < -0.3 is 20.5 Å². The first-order chi connectivity index (χ1) is 10.7. The highest BCUT2D eigenvalue weighted by Gasteiger charge is 2.05. The lowest BCUT2D eigenvalue weighted by atomic mass is 10.1. The maximum Gasteiger partial charge on any atom is 0.188 e. The van der Waals surface area contributed by atoms with Crippen LogP contribution in [0, 0.1) is 0 Å². The lowest BCUT2D eigenvalue weighted by Gasteiger charge is -2.11. The Kier molecular flexibility index (Phi) is 8.88. The van der Waals surface area contributed by atoms with Gasteiger partial charge in [0.2, 0.25) is 0 Å². The van der Waals surface area contributed by atoms with Crippen LogP contribution < -0.4 is 20.5 Å². The van der Waals surface area contributed by atoms with Gasteiger partial charge in [0.15, 0.2) is 17.5 Å². The zero-order valence-corrected chi connectivity index (χ0v) is 14.0. The van der Waals surface area contributed by atoms with Crippen LogP contribution in [0.15, 0.2) is 23.2 Å². The number of nitrogens with two attached hydrogens (primary N) is 1. The number of aliphatic imine (C=N–C) groups is 1. The standard InChI is InChI=1S/C17H29N3O2/c1-4-6-11-19-17(18)20-12-7-8-14-9-10-15(21-3)16(13-14)22-5-2/h9-10,13H,4-8,11-12H2,1-3H3,(H3,18,19,20). The van der Waals surface area contributed by atoms with E-state index in [1.54, 1.807) is 7.11 Å². The van der Waals surface area contributed by atoms with E-state index in [1.165, 1.54) is 5.56 Å². The van der Waals surface area contributed by atoms with Crippen LogP contribution in [0.1, 0.15) is 38.7 Å². The van der Waals surface area contributed by atoms with Gasteiger partial charge in [0, 0.05) is 13.1 Å². The van der Waals surface area contributed by atoms with E-state index < -0.39 is 0 Å². The molecule has 0 aliphatic heterocycles. The van der Waals surface area contributed by atoms with Gasteiger partial charge >= 0.3 is 0 Å². The van der Waals surface area contributed by atoms with Crippen molar-refractivity contribution in [3.05, 3.63) is 23.8 Å². The quantitative estimate of drug-likeness (QED) is 0.396. The van der Waals surface area contributed by atoms with Crippen LogP contribution in [0.25, 0.3) is 0 Å². The van der Waals surface area contributed by atoms with E-state index in [1.807, 2.05) is 19.1 Å². The van der Waals surface area contributed by atoms with Crippen molar-refractivity contribution in [3.63, 3.8) is 0 Å². The zero-order chi connectivity index (χ0) is 16.2. The summed E-state index contributed by atoms with van der Waals surface area (Å²) >= 11 is 0. The summed E-state index contributed by atoms with van der Waals surface area (Å²) in [6.45, 7) is 6.36. The Morgan fingerprint density at radius 2 is 2.05 bits per heavy atom. The van der Waals surface area contributed by atoms with Crippen LogP contribution in [0.4, 0.5) is 0 Å². The number of hydrogen-bond donors (Lipinski definition) is 2. The molecule has 1 aromatic rings. The van der Waals surface area contributed by atoms with Crippen LogP contribution in [0.3, 0.4) is 0 Å². The maximum atomic E-state index is 5.80. The molecule has 22 heavy (non-hydrogen) atoms. The Balaban J connectivity index is 2.41. The van der Waals surface area contributed by atoms with Crippen LogP contribution in [0.5, 0.6) is 11.5 Å². The molecule has 0 aliphatic rings. The van der Waals surface area contributed by atoms with Gasteiger partial charge in [-0.3, -0.25) is 4.99 Å². The Hall–Kier alpha value is -1.91. The van der Waals surface area contributed by atoms with Crippen molar-refractivity contribution in [3.8, 4) is 11.5 Å². The number of methoxy groups -OCH3 is 1. The summed E-state index contributed by atoms with van der Waals surface area (Å²) in [7, 11) is 1.65. The molecular formula is C17H29N3O2. The summed E-state index contributed by atoms with van der Waals surface area (Å²) in [6, 6.07) is 6.05. The third-order valence-corrected chi connectivity index (χ3v) is 3.27. The van der Waals surface area contributed by atoms with Crippen molar-refractivity contribution < 1.29 is 9.47 Å². The Labute approximate surface area is 133 Å². The number of unbranched alkanes of at least 4 members (excludes halogenated alkanes) is 1. The van der Waals surface area contributed by atoms with E-state index in [-0.39, 0.29) is 0 Å². The van der Waals surface area contributed by atoms with Crippen LogP contribution >= 0.6 is 0 Å². The minimum atomic E-state index is 0.540. The molecule has 0 fully saturated rings. The van der Waals surface area contributed by atoms with Crippen LogP contribution in [-0.4, -0.2) is 32.8 Å². The van der Waals surface area contributed by atoms with Gasteiger partial charge in [-0.15, -0.1) is 0 Å². The molecule has 0 atom stereocenters. The van der Waals surface area contributed by atoms with Gasteiger partial charge in [-0.2, -0.15) is 0 Å². The highest BCUT2D eigenvalue weighted by atomic mass is 16.5. The van der Waals surface area contributed by atoms with Crippen molar-refractivity contribution in [2.45, 2.75) is 39.5 Å². The molecule has 124 valence electrons. The molecule has 3 N–H and O–H groups in total.